The van der Waals surface area contributed by atoms with Gasteiger partial charge in [-0.05, 0) is 42.8 Å². The van der Waals surface area contributed by atoms with Crippen LogP contribution >= 0.6 is 11.6 Å². The van der Waals surface area contributed by atoms with E-state index in [9.17, 15) is 13.2 Å². The highest BCUT2D eigenvalue weighted by molar-refractivity contribution is 7.92. The molecule has 158 valence electrons. The molecular formula is C23H20ClN3O3S. The van der Waals surface area contributed by atoms with Crippen LogP contribution in [0.1, 0.15) is 15.9 Å². The van der Waals surface area contributed by atoms with Gasteiger partial charge in [-0.25, -0.2) is 8.42 Å². The molecule has 0 saturated heterocycles. The van der Waals surface area contributed by atoms with Gasteiger partial charge in [0.25, 0.3) is 15.9 Å². The smallest absolute Gasteiger partial charge is 0.262 e. The summed E-state index contributed by atoms with van der Waals surface area (Å²) in [5, 5.41) is 3.93. The van der Waals surface area contributed by atoms with Gasteiger partial charge in [-0.15, -0.1) is 0 Å². The van der Waals surface area contributed by atoms with Crippen LogP contribution in [0.25, 0.3) is 10.9 Å². The van der Waals surface area contributed by atoms with Crippen molar-refractivity contribution in [2.75, 3.05) is 10.0 Å². The lowest BCUT2D eigenvalue weighted by atomic mass is 10.1. The standard InChI is InChI=1S/C23H20ClN3O3S/c1-15-11-12-16(13-22(15)31(29,30)26-20-9-5-4-8-19(20)24)25-23(28)18-14-27(2)21-10-6-3-7-17(18)21/h3-14,26H,1-2H3,(H,25,28). The lowest BCUT2D eigenvalue weighted by Gasteiger charge is -2.13. The van der Waals surface area contributed by atoms with E-state index in [1.54, 1.807) is 49.5 Å². The molecule has 3 aromatic carbocycles. The lowest BCUT2D eigenvalue weighted by molar-refractivity contribution is 0.102. The van der Waals surface area contributed by atoms with E-state index in [-0.39, 0.29) is 16.5 Å². The van der Waals surface area contributed by atoms with E-state index < -0.39 is 10.0 Å². The molecule has 4 rings (SSSR count). The van der Waals surface area contributed by atoms with Crippen LogP contribution in [-0.4, -0.2) is 18.9 Å². The number of anilines is 2. The molecule has 0 atom stereocenters. The zero-order valence-corrected chi connectivity index (χ0v) is 18.5. The van der Waals surface area contributed by atoms with Crippen molar-refractivity contribution in [3.63, 3.8) is 0 Å². The number of para-hydroxylation sites is 2. The molecule has 0 aliphatic rings. The number of sulfonamides is 1. The summed E-state index contributed by atoms with van der Waals surface area (Å²) in [6.07, 6.45) is 1.75. The van der Waals surface area contributed by atoms with Crippen LogP contribution < -0.4 is 10.0 Å². The molecule has 8 heteroatoms. The molecule has 0 radical (unpaired) electrons. The van der Waals surface area contributed by atoms with E-state index in [0.29, 0.717) is 21.8 Å². The summed E-state index contributed by atoms with van der Waals surface area (Å²) in [6, 6.07) is 19.0. The number of hydrogen-bond acceptors (Lipinski definition) is 3. The van der Waals surface area contributed by atoms with Crippen molar-refractivity contribution in [1.29, 1.82) is 0 Å². The van der Waals surface area contributed by atoms with E-state index in [2.05, 4.69) is 10.0 Å². The number of nitrogens with one attached hydrogen (secondary N) is 2. The van der Waals surface area contributed by atoms with Crippen LogP contribution in [0.3, 0.4) is 0 Å². The summed E-state index contributed by atoms with van der Waals surface area (Å²) in [4.78, 5) is 13.0. The minimum absolute atomic E-state index is 0.0585. The first-order chi connectivity index (χ1) is 14.8. The molecule has 0 fully saturated rings. The lowest BCUT2D eigenvalue weighted by Crippen LogP contribution is -2.16. The van der Waals surface area contributed by atoms with Crippen molar-refractivity contribution < 1.29 is 13.2 Å². The first-order valence-corrected chi connectivity index (χ1v) is 11.4. The molecule has 0 saturated carbocycles. The van der Waals surface area contributed by atoms with Crippen molar-refractivity contribution in [1.82, 2.24) is 4.57 Å². The first-order valence-electron chi connectivity index (χ1n) is 9.50. The summed E-state index contributed by atoms with van der Waals surface area (Å²) in [5.41, 5.74) is 2.65. The third kappa shape index (κ3) is 4.15. The third-order valence-electron chi connectivity index (χ3n) is 5.00. The molecular weight excluding hydrogens is 434 g/mol. The summed E-state index contributed by atoms with van der Waals surface area (Å²) >= 11 is 6.09. The summed E-state index contributed by atoms with van der Waals surface area (Å²) in [5.74, 6) is -0.317. The fourth-order valence-electron chi connectivity index (χ4n) is 3.43. The molecule has 1 aromatic heterocycles. The summed E-state index contributed by atoms with van der Waals surface area (Å²) < 4.78 is 30.3. The number of halogens is 1. The number of amides is 1. The van der Waals surface area contributed by atoms with E-state index >= 15 is 0 Å². The van der Waals surface area contributed by atoms with Crippen molar-refractivity contribution in [2.24, 2.45) is 7.05 Å². The van der Waals surface area contributed by atoms with Gasteiger partial charge in [0, 0.05) is 29.8 Å². The molecule has 0 aliphatic carbocycles. The second-order valence-corrected chi connectivity index (χ2v) is 9.25. The Balaban J connectivity index is 1.65. The van der Waals surface area contributed by atoms with Crippen LogP contribution in [0.2, 0.25) is 5.02 Å². The molecule has 1 amide bonds. The Morgan fingerprint density at radius 3 is 2.48 bits per heavy atom. The van der Waals surface area contributed by atoms with Gasteiger partial charge in [-0.2, -0.15) is 0 Å². The van der Waals surface area contributed by atoms with E-state index in [1.165, 1.54) is 6.07 Å². The number of hydrogen-bond donors (Lipinski definition) is 2. The summed E-state index contributed by atoms with van der Waals surface area (Å²) in [6.45, 7) is 1.69. The monoisotopic (exact) mass is 453 g/mol. The van der Waals surface area contributed by atoms with E-state index in [1.807, 2.05) is 35.9 Å². The van der Waals surface area contributed by atoms with Crippen molar-refractivity contribution in [2.45, 2.75) is 11.8 Å². The molecule has 31 heavy (non-hydrogen) atoms. The number of aryl methyl sites for hydroxylation is 2. The van der Waals surface area contributed by atoms with Crippen LogP contribution in [0.5, 0.6) is 0 Å². The largest absolute Gasteiger partial charge is 0.350 e. The first kappa shape index (κ1) is 21.0. The number of carbonyl (C=O) groups is 1. The Labute approximate surface area is 185 Å². The Hall–Kier alpha value is -3.29. The van der Waals surface area contributed by atoms with E-state index in [4.69, 9.17) is 11.6 Å². The predicted molar refractivity (Wildman–Crippen MR) is 124 cm³/mol. The maximum Gasteiger partial charge on any atom is 0.262 e. The Morgan fingerprint density at radius 1 is 1.00 bits per heavy atom. The Bertz CT molecular complexity index is 1410. The van der Waals surface area contributed by atoms with Crippen molar-refractivity contribution in [3.05, 3.63) is 89.1 Å². The van der Waals surface area contributed by atoms with Gasteiger partial charge in [-0.1, -0.05) is 48.0 Å². The fourth-order valence-corrected chi connectivity index (χ4v) is 5.02. The predicted octanol–water partition coefficient (Wildman–Crippen LogP) is 5.19. The quantitative estimate of drug-likeness (QED) is 0.436. The molecule has 6 nitrogen and oxygen atoms in total. The average Bonchev–Trinajstić information content (AvgIpc) is 3.08. The highest BCUT2D eigenvalue weighted by atomic mass is 35.5. The minimum atomic E-state index is -3.91. The Kier molecular flexibility index (Phi) is 5.47. The molecule has 4 aromatic rings. The zero-order valence-electron chi connectivity index (χ0n) is 16.9. The third-order valence-corrected chi connectivity index (χ3v) is 6.83. The van der Waals surface area contributed by atoms with Gasteiger partial charge < -0.3 is 9.88 Å². The number of rotatable bonds is 5. The van der Waals surface area contributed by atoms with Gasteiger partial charge >= 0.3 is 0 Å². The maximum atomic E-state index is 13.0. The maximum absolute atomic E-state index is 13.0. The van der Waals surface area contributed by atoms with Crippen LogP contribution in [-0.2, 0) is 17.1 Å². The average molecular weight is 454 g/mol. The van der Waals surface area contributed by atoms with Gasteiger partial charge in [0.1, 0.15) is 0 Å². The highest BCUT2D eigenvalue weighted by Crippen LogP contribution is 2.27. The van der Waals surface area contributed by atoms with Crippen molar-refractivity contribution in [3.8, 4) is 0 Å². The fraction of sp³-hybridized carbons (Fsp3) is 0.0870. The normalized spacial score (nSPS) is 11.5. The highest BCUT2D eigenvalue weighted by Gasteiger charge is 2.20. The van der Waals surface area contributed by atoms with Crippen molar-refractivity contribution >= 4 is 49.8 Å². The van der Waals surface area contributed by atoms with Crippen LogP contribution in [0.4, 0.5) is 11.4 Å². The number of carbonyl (C=O) groups excluding carboxylic acids is 1. The minimum Gasteiger partial charge on any atom is -0.350 e. The zero-order chi connectivity index (χ0) is 22.2. The van der Waals surface area contributed by atoms with Gasteiger partial charge in [0.2, 0.25) is 0 Å². The van der Waals surface area contributed by atoms with E-state index in [0.717, 1.165) is 10.9 Å². The summed E-state index contributed by atoms with van der Waals surface area (Å²) in [7, 11) is -2.04. The number of benzene rings is 3. The van der Waals surface area contributed by atoms with Gasteiger partial charge in [0.15, 0.2) is 0 Å². The Morgan fingerprint density at radius 2 is 1.71 bits per heavy atom. The molecule has 1 heterocycles. The molecule has 0 aliphatic heterocycles. The van der Waals surface area contributed by atoms with Crippen LogP contribution in [0, 0.1) is 6.92 Å². The van der Waals surface area contributed by atoms with Gasteiger partial charge in [0.05, 0.1) is 21.2 Å². The molecule has 0 bridgehead atoms. The van der Waals surface area contributed by atoms with Crippen LogP contribution in [0.15, 0.2) is 77.8 Å². The number of fused-ring (bicyclic) bond motifs is 1. The SMILES string of the molecule is Cc1ccc(NC(=O)c2cn(C)c3ccccc23)cc1S(=O)(=O)Nc1ccccc1Cl. The second-order valence-electron chi connectivity index (χ2n) is 7.19. The molecule has 0 spiro atoms. The molecule has 2 N–H and O–H groups in total. The molecule has 0 unspecified atom stereocenters. The number of aromatic nitrogens is 1. The topological polar surface area (TPSA) is 80.2 Å². The number of nitrogens with zero attached hydrogens (tertiary/aromatic N) is 1. The van der Waals surface area contributed by atoms with Gasteiger partial charge in [-0.3, -0.25) is 9.52 Å². The second kappa shape index (κ2) is 8.09.